The summed E-state index contributed by atoms with van der Waals surface area (Å²) in [7, 11) is 1.67. The van der Waals surface area contributed by atoms with Crippen LogP contribution in [0.4, 0.5) is 5.69 Å². The predicted octanol–water partition coefficient (Wildman–Crippen LogP) is 2.56. The quantitative estimate of drug-likeness (QED) is 0.658. The number of hydrogen-bond donors (Lipinski definition) is 2. The summed E-state index contributed by atoms with van der Waals surface area (Å²) in [6.45, 7) is 1.05. The third-order valence-corrected chi connectivity index (χ3v) is 3.76. The Morgan fingerprint density at radius 1 is 1.26 bits per heavy atom. The van der Waals surface area contributed by atoms with Crippen LogP contribution >= 0.6 is 0 Å². The van der Waals surface area contributed by atoms with Gasteiger partial charge in [0.15, 0.2) is 5.96 Å². The standard InChI is InChI=1S/C18H21N3O2/c1-22-12-14-7-2-4-8-16(14)21-18(19)20-11-15-10-13-6-3-5-9-17(13)23-15/h2-9,15H,10-12H2,1H3,(H3,19,20,21). The Balaban J connectivity index is 1.59. The molecular formula is C18H21N3O2. The number of anilines is 1. The molecule has 0 aliphatic carbocycles. The van der Waals surface area contributed by atoms with E-state index in [9.17, 15) is 0 Å². The Hall–Kier alpha value is -2.53. The molecule has 1 aliphatic heterocycles. The summed E-state index contributed by atoms with van der Waals surface area (Å²) in [6.07, 6.45) is 0.912. The highest BCUT2D eigenvalue weighted by atomic mass is 16.5. The maximum atomic E-state index is 6.00. The third kappa shape index (κ3) is 3.81. The van der Waals surface area contributed by atoms with Gasteiger partial charge in [-0.05, 0) is 17.7 Å². The van der Waals surface area contributed by atoms with Gasteiger partial charge in [-0.25, -0.2) is 4.99 Å². The van der Waals surface area contributed by atoms with Gasteiger partial charge in [-0.3, -0.25) is 0 Å². The van der Waals surface area contributed by atoms with Gasteiger partial charge in [0.2, 0.25) is 0 Å². The number of nitrogens with two attached hydrogens (primary N) is 1. The van der Waals surface area contributed by atoms with Crippen LogP contribution in [0.3, 0.4) is 0 Å². The van der Waals surface area contributed by atoms with Crippen LogP contribution < -0.4 is 15.8 Å². The lowest BCUT2D eigenvalue weighted by Crippen LogP contribution is -2.26. The molecule has 3 N–H and O–H groups in total. The highest BCUT2D eigenvalue weighted by Gasteiger charge is 2.21. The van der Waals surface area contributed by atoms with Gasteiger partial charge in [0.25, 0.3) is 0 Å². The molecule has 23 heavy (non-hydrogen) atoms. The van der Waals surface area contributed by atoms with Crippen molar-refractivity contribution in [1.29, 1.82) is 0 Å². The largest absolute Gasteiger partial charge is 0.488 e. The summed E-state index contributed by atoms with van der Waals surface area (Å²) in [4.78, 5) is 4.40. The van der Waals surface area contributed by atoms with Crippen LogP contribution in [0.1, 0.15) is 11.1 Å². The normalized spacial score (nSPS) is 16.7. The van der Waals surface area contributed by atoms with Crippen molar-refractivity contribution >= 4 is 11.6 Å². The summed E-state index contributed by atoms with van der Waals surface area (Å²) < 4.78 is 11.0. The molecule has 1 unspecified atom stereocenters. The first-order chi connectivity index (χ1) is 11.3. The molecule has 1 atom stereocenters. The van der Waals surface area contributed by atoms with E-state index in [1.165, 1.54) is 5.56 Å². The lowest BCUT2D eigenvalue weighted by atomic mass is 10.1. The molecule has 0 spiro atoms. The van der Waals surface area contributed by atoms with E-state index in [2.05, 4.69) is 16.4 Å². The number of para-hydroxylation sites is 2. The Labute approximate surface area is 136 Å². The van der Waals surface area contributed by atoms with Crippen molar-refractivity contribution < 1.29 is 9.47 Å². The van der Waals surface area contributed by atoms with E-state index in [1.807, 2.05) is 42.5 Å². The molecule has 2 aromatic carbocycles. The minimum absolute atomic E-state index is 0.0435. The molecule has 1 heterocycles. The van der Waals surface area contributed by atoms with Gasteiger partial charge in [-0.15, -0.1) is 0 Å². The zero-order chi connectivity index (χ0) is 16.1. The van der Waals surface area contributed by atoms with E-state index in [1.54, 1.807) is 7.11 Å². The molecule has 0 amide bonds. The summed E-state index contributed by atoms with van der Waals surface area (Å²) in [5.41, 5.74) is 9.17. The average Bonchev–Trinajstić information content (AvgIpc) is 2.98. The van der Waals surface area contributed by atoms with E-state index in [0.29, 0.717) is 19.1 Å². The first-order valence-corrected chi connectivity index (χ1v) is 7.64. The molecule has 0 saturated carbocycles. The zero-order valence-corrected chi connectivity index (χ0v) is 13.2. The number of nitrogens with one attached hydrogen (secondary N) is 1. The molecule has 3 rings (SSSR count). The first-order valence-electron chi connectivity index (χ1n) is 7.64. The predicted molar refractivity (Wildman–Crippen MR) is 91.8 cm³/mol. The third-order valence-electron chi connectivity index (χ3n) is 3.76. The van der Waals surface area contributed by atoms with Gasteiger partial charge in [0.05, 0.1) is 13.2 Å². The number of benzene rings is 2. The molecule has 0 radical (unpaired) electrons. The summed E-state index contributed by atoms with van der Waals surface area (Å²) in [5, 5.41) is 3.13. The Morgan fingerprint density at radius 2 is 2.04 bits per heavy atom. The smallest absolute Gasteiger partial charge is 0.193 e. The second-order valence-electron chi connectivity index (χ2n) is 5.49. The Morgan fingerprint density at radius 3 is 2.87 bits per heavy atom. The number of rotatable bonds is 5. The maximum Gasteiger partial charge on any atom is 0.193 e. The molecule has 1 aliphatic rings. The number of guanidine groups is 1. The lowest BCUT2D eigenvalue weighted by molar-refractivity contribution is 0.185. The number of hydrogen-bond acceptors (Lipinski definition) is 3. The van der Waals surface area contributed by atoms with Gasteiger partial charge >= 0.3 is 0 Å². The lowest BCUT2D eigenvalue weighted by Gasteiger charge is -2.12. The second-order valence-corrected chi connectivity index (χ2v) is 5.49. The van der Waals surface area contributed by atoms with Crippen LogP contribution in [0.2, 0.25) is 0 Å². The number of nitrogens with zero attached hydrogens (tertiary/aromatic N) is 1. The molecule has 2 aromatic rings. The Kier molecular flexibility index (Phi) is 4.78. The minimum Gasteiger partial charge on any atom is -0.488 e. The topological polar surface area (TPSA) is 68.9 Å². The fourth-order valence-corrected chi connectivity index (χ4v) is 2.66. The number of aliphatic imine (C=N–C) groups is 1. The fourth-order valence-electron chi connectivity index (χ4n) is 2.66. The average molecular weight is 311 g/mol. The molecule has 5 heteroatoms. The second kappa shape index (κ2) is 7.15. The van der Waals surface area contributed by atoms with E-state index in [-0.39, 0.29) is 6.10 Å². The SMILES string of the molecule is COCc1ccccc1NC(N)=NCC1Cc2ccccc2O1. The van der Waals surface area contributed by atoms with E-state index >= 15 is 0 Å². The van der Waals surface area contributed by atoms with Crippen LogP contribution in [0.15, 0.2) is 53.5 Å². The molecule has 0 bridgehead atoms. The highest BCUT2D eigenvalue weighted by Crippen LogP contribution is 2.28. The first kappa shape index (κ1) is 15.4. The van der Waals surface area contributed by atoms with Crippen molar-refractivity contribution in [3.05, 3.63) is 59.7 Å². The molecule has 120 valence electrons. The minimum atomic E-state index is 0.0435. The van der Waals surface area contributed by atoms with Gasteiger partial charge in [0.1, 0.15) is 11.9 Å². The van der Waals surface area contributed by atoms with Gasteiger partial charge in [-0.2, -0.15) is 0 Å². The molecule has 0 fully saturated rings. The molecular weight excluding hydrogens is 290 g/mol. The summed E-state index contributed by atoms with van der Waals surface area (Å²) in [6, 6.07) is 15.9. The number of methoxy groups -OCH3 is 1. The van der Waals surface area contributed by atoms with Gasteiger partial charge in [0, 0.05) is 24.8 Å². The van der Waals surface area contributed by atoms with Gasteiger partial charge < -0.3 is 20.5 Å². The van der Waals surface area contributed by atoms with Crippen molar-refractivity contribution in [3.8, 4) is 5.75 Å². The van der Waals surface area contributed by atoms with Crippen LogP contribution in [-0.4, -0.2) is 25.7 Å². The van der Waals surface area contributed by atoms with Crippen molar-refractivity contribution in [2.45, 2.75) is 19.1 Å². The van der Waals surface area contributed by atoms with Gasteiger partial charge in [-0.1, -0.05) is 36.4 Å². The van der Waals surface area contributed by atoms with Crippen LogP contribution in [0.5, 0.6) is 5.75 Å². The molecule has 0 aromatic heterocycles. The molecule has 5 nitrogen and oxygen atoms in total. The van der Waals surface area contributed by atoms with Crippen molar-refractivity contribution in [2.24, 2.45) is 10.7 Å². The summed E-state index contributed by atoms with van der Waals surface area (Å²) >= 11 is 0. The molecule has 0 saturated heterocycles. The number of ether oxygens (including phenoxy) is 2. The van der Waals surface area contributed by atoms with Crippen LogP contribution in [0.25, 0.3) is 0 Å². The summed E-state index contributed by atoms with van der Waals surface area (Å²) in [5.74, 6) is 1.33. The van der Waals surface area contributed by atoms with E-state index < -0.39 is 0 Å². The van der Waals surface area contributed by atoms with Crippen LogP contribution in [0, 0.1) is 0 Å². The van der Waals surface area contributed by atoms with Crippen LogP contribution in [-0.2, 0) is 17.8 Å². The van der Waals surface area contributed by atoms with E-state index in [4.69, 9.17) is 15.2 Å². The zero-order valence-electron chi connectivity index (χ0n) is 13.2. The van der Waals surface area contributed by atoms with Crippen molar-refractivity contribution in [2.75, 3.05) is 19.0 Å². The fraction of sp³-hybridized carbons (Fsp3) is 0.278. The highest BCUT2D eigenvalue weighted by molar-refractivity contribution is 5.93. The monoisotopic (exact) mass is 311 g/mol. The number of fused-ring (bicyclic) bond motifs is 1. The van der Waals surface area contributed by atoms with Crippen molar-refractivity contribution in [1.82, 2.24) is 0 Å². The maximum absolute atomic E-state index is 6.00. The van der Waals surface area contributed by atoms with E-state index in [0.717, 1.165) is 23.4 Å². The van der Waals surface area contributed by atoms with Crippen molar-refractivity contribution in [3.63, 3.8) is 0 Å². The Bertz CT molecular complexity index is 675.